The summed E-state index contributed by atoms with van der Waals surface area (Å²) in [5.41, 5.74) is 6.37. The van der Waals surface area contributed by atoms with Crippen LogP contribution in [0.4, 0.5) is 4.79 Å². The lowest BCUT2D eigenvalue weighted by Gasteiger charge is -2.09. The third-order valence-corrected chi connectivity index (χ3v) is 2.14. The molecule has 1 saturated heterocycles. The lowest BCUT2D eigenvalue weighted by atomic mass is 10.3. The van der Waals surface area contributed by atoms with E-state index in [1.165, 1.54) is 0 Å². The van der Waals surface area contributed by atoms with Crippen molar-refractivity contribution in [3.05, 3.63) is 23.7 Å². The third-order valence-electron chi connectivity index (χ3n) is 2.14. The smallest absolute Gasteiger partial charge is 0.410 e. The molecule has 1 amide bonds. The van der Waals surface area contributed by atoms with Crippen LogP contribution in [0.15, 0.2) is 16.7 Å². The van der Waals surface area contributed by atoms with E-state index in [4.69, 9.17) is 14.9 Å². The van der Waals surface area contributed by atoms with Gasteiger partial charge in [0.2, 0.25) is 0 Å². The number of ether oxygens (including phenoxy) is 1. The summed E-state index contributed by atoms with van der Waals surface area (Å²) in [7, 11) is 0. The molecule has 1 aromatic heterocycles. The number of furan rings is 1. The summed E-state index contributed by atoms with van der Waals surface area (Å²) in [5, 5.41) is 0. The highest BCUT2D eigenvalue weighted by molar-refractivity contribution is 5.69. The Balaban J connectivity index is 1.99. The monoisotopic (exact) mass is 196 g/mol. The Morgan fingerprint density at radius 3 is 3.00 bits per heavy atom. The van der Waals surface area contributed by atoms with Gasteiger partial charge >= 0.3 is 6.09 Å². The fraction of sp³-hybridized carbons (Fsp3) is 0.444. The van der Waals surface area contributed by atoms with E-state index in [2.05, 4.69) is 0 Å². The van der Waals surface area contributed by atoms with Gasteiger partial charge in [0.1, 0.15) is 12.4 Å². The molecule has 2 rings (SSSR count). The quantitative estimate of drug-likeness (QED) is 0.772. The molecular formula is C9H12N2O3. The van der Waals surface area contributed by atoms with Gasteiger partial charge in [-0.15, -0.1) is 0 Å². The van der Waals surface area contributed by atoms with Gasteiger partial charge in [0.25, 0.3) is 0 Å². The van der Waals surface area contributed by atoms with Crippen molar-refractivity contribution < 1.29 is 13.9 Å². The van der Waals surface area contributed by atoms with Crippen LogP contribution in [-0.4, -0.2) is 24.1 Å². The fourth-order valence-electron chi connectivity index (χ4n) is 1.37. The Morgan fingerprint density at radius 2 is 2.43 bits per heavy atom. The van der Waals surface area contributed by atoms with Gasteiger partial charge in [-0.05, 0) is 6.07 Å². The molecule has 0 atom stereocenters. The zero-order chi connectivity index (χ0) is 9.97. The molecule has 0 saturated carbocycles. The molecule has 0 aliphatic carbocycles. The van der Waals surface area contributed by atoms with Crippen LogP contribution in [0.5, 0.6) is 0 Å². The van der Waals surface area contributed by atoms with Crippen molar-refractivity contribution in [1.29, 1.82) is 0 Å². The summed E-state index contributed by atoms with van der Waals surface area (Å²) >= 11 is 0. The Bertz CT molecular complexity index is 335. The lowest BCUT2D eigenvalue weighted by Crippen LogP contribution is -2.23. The van der Waals surface area contributed by atoms with Crippen LogP contribution in [0.25, 0.3) is 0 Å². The first kappa shape index (κ1) is 9.08. The zero-order valence-electron chi connectivity index (χ0n) is 7.73. The molecule has 0 bridgehead atoms. The zero-order valence-corrected chi connectivity index (χ0v) is 7.73. The highest BCUT2D eigenvalue weighted by Gasteiger charge is 2.22. The largest absolute Gasteiger partial charge is 0.467 e. The second kappa shape index (κ2) is 3.71. The molecule has 0 aromatic carbocycles. The number of cyclic esters (lactones) is 1. The maximum Gasteiger partial charge on any atom is 0.410 e. The molecule has 2 N–H and O–H groups in total. The van der Waals surface area contributed by atoms with Crippen molar-refractivity contribution in [2.24, 2.45) is 5.73 Å². The maximum absolute atomic E-state index is 11.1. The van der Waals surface area contributed by atoms with Crippen LogP contribution in [0.1, 0.15) is 11.3 Å². The highest BCUT2D eigenvalue weighted by atomic mass is 16.6. The second-order valence-corrected chi connectivity index (χ2v) is 3.16. The average molecular weight is 196 g/mol. The lowest BCUT2D eigenvalue weighted by molar-refractivity contribution is 0.155. The first-order chi connectivity index (χ1) is 6.79. The minimum atomic E-state index is -0.282. The maximum atomic E-state index is 11.1. The van der Waals surface area contributed by atoms with Gasteiger partial charge in [-0.25, -0.2) is 4.79 Å². The third kappa shape index (κ3) is 1.72. The van der Waals surface area contributed by atoms with Crippen LogP contribution in [0.2, 0.25) is 0 Å². The second-order valence-electron chi connectivity index (χ2n) is 3.16. The number of carbonyl (C=O) groups excluding carboxylic acids is 1. The fourth-order valence-corrected chi connectivity index (χ4v) is 1.37. The molecule has 1 aliphatic rings. The molecular weight excluding hydrogens is 184 g/mol. The highest BCUT2D eigenvalue weighted by Crippen LogP contribution is 2.13. The molecule has 2 heterocycles. The summed E-state index contributed by atoms with van der Waals surface area (Å²) in [6.45, 7) is 1.99. The molecule has 1 aliphatic heterocycles. The summed E-state index contributed by atoms with van der Waals surface area (Å²) < 4.78 is 10.0. The van der Waals surface area contributed by atoms with E-state index in [1.807, 2.05) is 6.07 Å². The SMILES string of the molecule is NCc1coc(CN2CCOC2=O)c1. The van der Waals surface area contributed by atoms with Crippen molar-refractivity contribution in [1.82, 2.24) is 4.90 Å². The Morgan fingerprint density at radius 1 is 1.57 bits per heavy atom. The standard InChI is InChI=1S/C9H12N2O3/c10-4-7-3-8(14-6-7)5-11-1-2-13-9(11)12/h3,6H,1-2,4-5,10H2. The molecule has 0 spiro atoms. The van der Waals surface area contributed by atoms with Gasteiger partial charge in [-0.3, -0.25) is 4.90 Å². The van der Waals surface area contributed by atoms with E-state index >= 15 is 0 Å². The predicted octanol–water partition coefficient (Wildman–Crippen LogP) is 0.691. The van der Waals surface area contributed by atoms with Crippen molar-refractivity contribution in [2.75, 3.05) is 13.2 Å². The van der Waals surface area contributed by atoms with Crippen molar-refractivity contribution >= 4 is 6.09 Å². The summed E-state index contributed by atoms with van der Waals surface area (Å²) in [6.07, 6.45) is 1.33. The summed E-state index contributed by atoms with van der Waals surface area (Å²) in [4.78, 5) is 12.7. The number of hydrogen-bond acceptors (Lipinski definition) is 4. The number of hydrogen-bond donors (Lipinski definition) is 1. The predicted molar refractivity (Wildman–Crippen MR) is 48.4 cm³/mol. The van der Waals surface area contributed by atoms with Crippen LogP contribution in [0.3, 0.4) is 0 Å². The first-order valence-corrected chi connectivity index (χ1v) is 4.47. The van der Waals surface area contributed by atoms with Crippen LogP contribution in [0, 0.1) is 0 Å². The van der Waals surface area contributed by atoms with E-state index in [0.717, 1.165) is 11.3 Å². The van der Waals surface area contributed by atoms with Gasteiger partial charge in [0.05, 0.1) is 19.4 Å². The Kier molecular flexibility index (Phi) is 2.41. The Hall–Kier alpha value is -1.49. The molecule has 76 valence electrons. The van der Waals surface area contributed by atoms with E-state index in [1.54, 1.807) is 11.2 Å². The van der Waals surface area contributed by atoms with Crippen molar-refractivity contribution in [2.45, 2.75) is 13.1 Å². The number of amides is 1. The van der Waals surface area contributed by atoms with E-state index < -0.39 is 0 Å². The number of rotatable bonds is 3. The number of nitrogens with zero attached hydrogens (tertiary/aromatic N) is 1. The summed E-state index contributed by atoms with van der Waals surface area (Å²) in [5.74, 6) is 0.740. The molecule has 5 heteroatoms. The van der Waals surface area contributed by atoms with Gasteiger partial charge in [0.15, 0.2) is 0 Å². The van der Waals surface area contributed by atoms with Gasteiger partial charge < -0.3 is 14.9 Å². The number of nitrogens with two attached hydrogens (primary N) is 1. The van der Waals surface area contributed by atoms with E-state index in [-0.39, 0.29) is 6.09 Å². The molecule has 14 heavy (non-hydrogen) atoms. The molecule has 5 nitrogen and oxygen atoms in total. The first-order valence-electron chi connectivity index (χ1n) is 4.47. The van der Waals surface area contributed by atoms with Gasteiger partial charge in [0, 0.05) is 12.1 Å². The minimum absolute atomic E-state index is 0.282. The molecule has 1 aromatic rings. The summed E-state index contributed by atoms with van der Waals surface area (Å²) in [6, 6.07) is 1.85. The van der Waals surface area contributed by atoms with E-state index in [0.29, 0.717) is 26.2 Å². The normalized spacial score (nSPS) is 16.1. The average Bonchev–Trinajstić information content (AvgIpc) is 2.77. The van der Waals surface area contributed by atoms with Gasteiger partial charge in [-0.1, -0.05) is 0 Å². The molecule has 0 radical (unpaired) electrons. The van der Waals surface area contributed by atoms with Crippen molar-refractivity contribution in [3.8, 4) is 0 Å². The minimum Gasteiger partial charge on any atom is -0.467 e. The Labute approximate surface area is 81.4 Å². The van der Waals surface area contributed by atoms with Crippen LogP contribution >= 0.6 is 0 Å². The molecule has 1 fully saturated rings. The van der Waals surface area contributed by atoms with Crippen LogP contribution < -0.4 is 5.73 Å². The topological polar surface area (TPSA) is 68.7 Å². The van der Waals surface area contributed by atoms with Gasteiger partial charge in [-0.2, -0.15) is 0 Å². The van der Waals surface area contributed by atoms with Crippen LogP contribution in [-0.2, 0) is 17.8 Å². The molecule has 0 unspecified atom stereocenters. The van der Waals surface area contributed by atoms with Crippen molar-refractivity contribution in [3.63, 3.8) is 0 Å². The number of carbonyl (C=O) groups is 1. The van der Waals surface area contributed by atoms with E-state index in [9.17, 15) is 4.79 Å².